The maximum atomic E-state index is 13.1. The molecule has 2 aliphatic heterocycles. The van der Waals surface area contributed by atoms with Crippen LogP contribution in [0.5, 0.6) is 0 Å². The minimum Gasteiger partial charge on any atom is -0.468 e. The van der Waals surface area contributed by atoms with Gasteiger partial charge in [0.25, 0.3) is 0 Å². The molecule has 0 radical (unpaired) electrons. The number of furan rings is 1. The van der Waals surface area contributed by atoms with Gasteiger partial charge in [-0.05, 0) is 62.1 Å². The second-order valence-electron chi connectivity index (χ2n) is 8.91. The van der Waals surface area contributed by atoms with Gasteiger partial charge in [0.05, 0.1) is 30.4 Å². The predicted octanol–water partition coefficient (Wildman–Crippen LogP) is 2.41. The fraction of sp³-hybridized carbons (Fsp3) is 0.542. The summed E-state index contributed by atoms with van der Waals surface area (Å²) < 4.78 is 38.9. The van der Waals surface area contributed by atoms with E-state index in [0.29, 0.717) is 44.2 Å². The van der Waals surface area contributed by atoms with E-state index in [0.717, 1.165) is 36.3 Å². The first-order valence-corrected chi connectivity index (χ1v) is 13.0. The van der Waals surface area contributed by atoms with Gasteiger partial charge in [-0.2, -0.15) is 4.31 Å². The second kappa shape index (κ2) is 10.4. The van der Waals surface area contributed by atoms with Crippen LogP contribution < -0.4 is 0 Å². The highest BCUT2D eigenvalue weighted by atomic mass is 32.2. The first kappa shape index (κ1) is 23.9. The van der Waals surface area contributed by atoms with Crippen molar-refractivity contribution in [3.63, 3.8) is 0 Å². The van der Waals surface area contributed by atoms with E-state index in [4.69, 9.17) is 9.15 Å². The number of nitrogens with zero attached hydrogens (tertiary/aromatic N) is 3. The minimum atomic E-state index is -3.57. The van der Waals surface area contributed by atoms with Crippen molar-refractivity contribution in [2.45, 2.75) is 44.2 Å². The van der Waals surface area contributed by atoms with Gasteiger partial charge in [0, 0.05) is 39.3 Å². The van der Waals surface area contributed by atoms with Crippen molar-refractivity contribution in [2.75, 3.05) is 45.9 Å². The largest absolute Gasteiger partial charge is 0.468 e. The van der Waals surface area contributed by atoms with E-state index >= 15 is 0 Å². The summed E-state index contributed by atoms with van der Waals surface area (Å²) in [6.07, 6.45) is 3.81. The first-order valence-electron chi connectivity index (χ1n) is 11.5. The van der Waals surface area contributed by atoms with Crippen molar-refractivity contribution in [3.05, 3.63) is 53.5 Å². The van der Waals surface area contributed by atoms with Gasteiger partial charge < -0.3 is 14.1 Å². The lowest BCUT2D eigenvalue weighted by atomic mass is 10.1. The van der Waals surface area contributed by atoms with Gasteiger partial charge in [0.2, 0.25) is 15.9 Å². The zero-order chi connectivity index (χ0) is 23.4. The summed E-state index contributed by atoms with van der Waals surface area (Å²) in [7, 11) is -3.57. The molecule has 3 heterocycles. The van der Waals surface area contributed by atoms with Gasteiger partial charge in [0.1, 0.15) is 5.76 Å². The number of ether oxygens (including phenoxy) is 1. The maximum Gasteiger partial charge on any atom is 0.243 e. The standard InChI is InChI=1S/C24H33N3O5S/c1-19-7-8-23(15-20(19)2)33(29,30)27-11-9-26(10-12-27)24(28)18-25(16-21-5-3-13-31-21)17-22-6-4-14-32-22/h3,5,7-8,13,15,22H,4,6,9-12,14,16-18H2,1-2H3. The predicted molar refractivity (Wildman–Crippen MR) is 124 cm³/mol. The number of benzene rings is 1. The molecule has 1 atom stereocenters. The SMILES string of the molecule is Cc1ccc(S(=O)(=O)N2CCN(C(=O)CN(Cc3ccco3)CC3CCCO3)CC2)cc1C. The summed E-state index contributed by atoms with van der Waals surface area (Å²) in [5, 5.41) is 0. The number of rotatable bonds is 8. The molecule has 2 aromatic rings. The molecule has 9 heteroatoms. The number of sulfonamides is 1. The zero-order valence-corrected chi connectivity index (χ0v) is 20.2. The van der Waals surface area contributed by atoms with E-state index in [1.807, 2.05) is 32.0 Å². The third kappa shape index (κ3) is 5.84. The van der Waals surface area contributed by atoms with Crippen LogP contribution in [0, 0.1) is 13.8 Å². The van der Waals surface area contributed by atoms with Crippen molar-refractivity contribution in [1.82, 2.24) is 14.1 Å². The van der Waals surface area contributed by atoms with E-state index in [-0.39, 0.29) is 18.6 Å². The summed E-state index contributed by atoms with van der Waals surface area (Å²) in [5.74, 6) is 0.813. The molecule has 180 valence electrons. The van der Waals surface area contributed by atoms with E-state index in [2.05, 4.69) is 4.90 Å². The van der Waals surface area contributed by atoms with Crippen LogP contribution in [-0.2, 0) is 26.1 Å². The normalized spacial score (nSPS) is 20.0. The van der Waals surface area contributed by atoms with Crippen LogP contribution in [0.2, 0.25) is 0 Å². The number of amides is 1. The van der Waals surface area contributed by atoms with Crippen molar-refractivity contribution in [2.24, 2.45) is 0 Å². The lowest BCUT2D eigenvalue weighted by Crippen LogP contribution is -2.52. The fourth-order valence-electron chi connectivity index (χ4n) is 4.38. The van der Waals surface area contributed by atoms with Gasteiger partial charge in [-0.15, -0.1) is 0 Å². The maximum absolute atomic E-state index is 13.1. The Kier molecular flexibility index (Phi) is 7.53. The average molecular weight is 476 g/mol. The van der Waals surface area contributed by atoms with Crippen LogP contribution in [0.1, 0.15) is 29.7 Å². The first-order chi connectivity index (χ1) is 15.8. The third-order valence-corrected chi connectivity index (χ3v) is 8.41. The molecule has 1 unspecified atom stereocenters. The van der Waals surface area contributed by atoms with Crippen molar-refractivity contribution in [3.8, 4) is 0 Å². The van der Waals surface area contributed by atoms with E-state index in [1.54, 1.807) is 23.3 Å². The molecule has 2 aliphatic rings. The lowest BCUT2D eigenvalue weighted by Gasteiger charge is -2.35. The number of hydrogen-bond donors (Lipinski definition) is 0. The molecule has 1 aromatic carbocycles. The van der Waals surface area contributed by atoms with Crippen molar-refractivity contribution in [1.29, 1.82) is 0 Å². The summed E-state index contributed by atoms with van der Waals surface area (Å²) in [6, 6.07) is 8.97. The van der Waals surface area contributed by atoms with Crippen LogP contribution in [0.3, 0.4) is 0 Å². The quantitative estimate of drug-likeness (QED) is 0.583. The van der Waals surface area contributed by atoms with Gasteiger partial charge in [-0.1, -0.05) is 6.07 Å². The van der Waals surface area contributed by atoms with Crippen LogP contribution in [0.15, 0.2) is 45.9 Å². The molecular weight excluding hydrogens is 442 g/mol. The Morgan fingerprint density at radius 3 is 2.55 bits per heavy atom. The molecule has 0 saturated carbocycles. The number of carbonyl (C=O) groups excluding carboxylic acids is 1. The molecule has 33 heavy (non-hydrogen) atoms. The van der Waals surface area contributed by atoms with Crippen LogP contribution >= 0.6 is 0 Å². The summed E-state index contributed by atoms with van der Waals surface area (Å²) in [4.78, 5) is 17.2. The molecule has 1 amide bonds. The average Bonchev–Trinajstić information content (AvgIpc) is 3.50. The monoisotopic (exact) mass is 475 g/mol. The van der Waals surface area contributed by atoms with Crippen LogP contribution in [-0.4, -0.2) is 80.4 Å². The molecule has 0 N–H and O–H groups in total. The molecular formula is C24H33N3O5S. The lowest BCUT2D eigenvalue weighted by molar-refractivity contribution is -0.134. The molecule has 0 aliphatic carbocycles. The van der Waals surface area contributed by atoms with Gasteiger partial charge in [0.15, 0.2) is 0 Å². The number of hydrogen-bond acceptors (Lipinski definition) is 6. The molecule has 0 bridgehead atoms. The summed E-state index contributed by atoms with van der Waals surface area (Å²) in [5.41, 5.74) is 2.01. The number of piperazine rings is 1. The Labute approximate surface area is 196 Å². The topological polar surface area (TPSA) is 83.3 Å². The Bertz CT molecular complexity index is 1040. The van der Waals surface area contributed by atoms with Crippen LogP contribution in [0.25, 0.3) is 0 Å². The Balaban J connectivity index is 1.35. The highest BCUT2D eigenvalue weighted by Crippen LogP contribution is 2.21. The minimum absolute atomic E-state index is 0.00258. The Hall–Kier alpha value is -2.20. The molecule has 0 spiro atoms. The molecule has 2 saturated heterocycles. The second-order valence-corrected chi connectivity index (χ2v) is 10.9. The number of aryl methyl sites for hydroxylation is 2. The smallest absolute Gasteiger partial charge is 0.243 e. The fourth-order valence-corrected chi connectivity index (χ4v) is 5.88. The van der Waals surface area contributed by atoms with E-state index < -0.39 is 10.0 Å². The Morgan fingerprint density at radius 2 is 1.91 bits per heavy atom. The summed E-state index contributed by atoms with van der Waals surface area (Å²) >= 11 is 0. The summed E-state index contributed by atoms with van der Waals surface area (Å²) in [6.45, 7) is 7.48. The molecule has 2 fully saturated rings. The zero-order valence-electron chi connectivity index (χ0n) is 19.4. The molecule has 1 aromatic heterocycles. The van der Waals surface area contributed by atoms with E-state index in [9.17, 15) is 13.2 Å². The molecule has 4 rings (SSSR count). The van der Waals surface area contributed by atoms with Crippen molar-refractivity contribution < 1.29 is 22.4 Å². The Morgan fingerprint density at radius 1 is 1.12 bits per heavy atom. The van der Waals surface area contributed by atoms with Gasteiger partial charge >= 0.3 is 0 Å². The van der Waals surface area contributed by atoms with Crippen LogP contribution in [0.4, 0.5) is 0 Å². The van der Waals surface area contributed by atoms with Gasteiger partial charge in [-0.25, -0.2) is 8.42 Å². The highest BCUT2D eigenvalue weighted by molar-refractivity contribution is 7.89. The number of carbonyl (C=O) groups is 1. The van der Waals surface area contributed by atoms with E-state index in [1.165, 1.54) is 4.31 Å². The third-order valence-electron chi connectivity index (χ3n) is 6.51. The van der Waals surface area contributed by atoms with Gasteiger partial charge in [-0.3, -0.25) is 9.69 Å². The molecule has 8 nitrogen and oxygen atoms in total. The highest BCUT2D eigenvalue weighted by Gasteiger charge is 2.31. The van der Waals surface area contributed by atoms with Crippen molar-refractivity contribution >= 4 is 15.9 Å².